The van der Waals surface area contributed by atoms with E-state index in [4.69, 9.17) is 0 Å². The second-order valence-electron chi connectivity index (χ2n) is 7.11. The number of benzene rings is 2. The van der Waals surface area contributed by atoms with Crippen LogP contribution in [0.25, 0.3) is 0 Å². The van der Waals surface area contributed by atoms with Crippen molar-refractivity contribution in [1.29, 1.82) is 0 Å². The van der Waals surface area contributed by atoms with E-state index >= 15 is 0 Å². The Morgan fingerprint density at radius 3 is 2.66 bits per heavy atom. The van der Waals surface area contributed by atoms with Crippen LogP contribution in [0.4, 0.5) is 17.2 Å². The molecule has 0 saturated carbocycles. The molecule has 1 aromatic heterocycles. The van der Waals surface area contributed by atoms with E-state index < -0.39 is 5.41 Å². The topological polar surface area (TPSA) is 107 Å². The number of nitrogens with zero attached hydrogens (tertiary/aromatic N) is 2. The number of carbonyl (C=O) groups is 3. The fourth-order valence-corrected chi connectivity index (χ4v) is 4.20. The number of hydrogen-bond donors (Lipinski definition) is 3. The fraction of sp³-hybridized carbons (Fsp3) is 0.143. The van der Waals surface area contributed by atoms with Gasteiger partial charge in [-0.3, -0.25) is 19.5 Å². The van der Waals surface area contributed by atoms with Crippen molar-refractivity contribution in [2.75, 3.05) is 22.1 Å². The second-order valence-corrected chi connectivity index (χ2v) is 7.11. The van der Waals surface area contributed by atoms with Gasteiger partial charge in [0.05, 0.1) is 6.20 Å². The van der Waals surface area contributed by atoms with Crippen LogP contribution >= 0.6 is 0 Å². The van der Waals surface area contributed by atoms with Crippen molar-refractivity contribution in [3.8, 4) is 0 Å². The third-order valence-electron chi connectivity index (χ3n) is 5.41. The van der Waals surface area contributed by atoms with E-state index in [-0.39, 0.29) is 30.7 Å². The van der Waals surface area contributed by atoms with E-state index in [1.807, 2.05) is 36.4 Å². The normalized spacial score (nSPS) is 19.7. The van der Waals surface area contributed by atoms with Crippen molar-refractivity contribution >= 4 is 34.9 Å². The molecule has 0 fully saturated rings. The van der Waals surface area contributed by atoms with Gasteiger partial charge in [-0.05, 0) is 23.8 Å². The Morgan fingerprint density at radius 2 is 1.83 bits per heavy atom. The predicted molar refractivity (Wildman–Crippen MR) is 106 cm³/mol. The number of hydrogen-bond acceptors (Lipinski definition) is 4. The van der Waals surface area contributed by atoms with Gasteiger partial charge in [-0.25, -0.2) is 0 Å². The Morgan fingerprint density at radius 1 is 1.07 bits per heavy atom. The molecular formula is C21H17N5O3. The Bertz CT molecular complexity index is 1140. The van der Waals surface area contributed by atoms with Crippen LogP contribution in [-0.4, -0.2) is 34.5 Å². The van der Waals surface area contributed by atoms with Crippen LogP contribution in [-0.2, 0) is 19.8 Å². The molecule has 8 nitrogen and oxygen atoms in total. The highest BCUT2D eigenvalue weighted by atomic mass is 16.2. The molecule has 1 spiro atoms. The van der Waals surface area contributed by atoms with E-state index in [2.05, 4.69) is 20.8 Å². The number of aromatic nitrogens is 2. The molecular weight excluding hydrogens is 370 g/mol. The van der Waals surface area contributed by atoms with E-state index in [0.717, 1.165) is 0 Å². The molecule has 0 saturated heterocycles. The molecule has 1 unspecified atom stereocenters. The SMILES string of the molecule is O=C(CN1C(=O)C2(CC(=O)Nc3[nH]ncc32)c2ccccc21)Nc1ccccc1. The predicted octanol–water partition coefficient (Wildman–Crippen LogP) is 2.02. The number of rotatable bonds is 3. The summed E-state index contributed by atoms with van der Waals surface area (Å²) in [4.78, 5) is 40.2. The van der Waals surface area contributed by atoms with Crippen LogP contribution in [0, 0.1) is 0 Å². The van der Waals surface area contributed by atoms with Crippen LogP contribution in [0.3, 0.4) is 0 Å². The number of H-pyrrole nitrogens is 1. The van der Waals surface area contributed by atoms with Crippen LogP contribution in [0.1, 0.15) is 17.5 Å². The second kappa shape index (κ2) is 6.30. The fourth-order valence-electron chi connectivity index (χ4n) is 4.20. The summed E-state index contributed by atoms with van der Waals surface area (Å²) in [5.41, 5.74) is 1.41. The average molecular weight is 387 g/mol. The van der Waals surface area contributed by atoms with Gasteiger partial charge in [0.25, 0.3) is 0 Å². The minimum atomic E-state index is -1.19. The van der Waals surface area contributed by atoms with Crippen LogP contribution < -0.4 is 15.5 Å². The summed E-state index contributed by atoms with van der Waals surface area (Å²) in [7, 11) is 0. The summed E-state index contributed by atoms with van der Waals surface area (Å²) in [5, 5.41) is 12.3. The van der Waals surface area contributed by atoms with E-state index in [1.54, 1.807) is 24.4 Å². The lowest BCUT2D eigenvalue weighted by molar-refractivity contribution is -0.127. The zero-order valence-corrected chi connectivity index (χ0v) is 15.3. The molecule has 3 N–H and O–H groups in total. The summed E-state index contributed by atoms with van der Waals surface area (Å²) in [6.45, 7) is -0.151. The van der Waals surface area contributed by atoms with Crippen molar-refractivity contribution < 1.29 is 14.4 Å². The summed E-state index contributed by atoms with van der Waals surface area (Å²) in [6, 6.07) is 16.3. The van der Waals surface area contributed by atoms with Gasteiger partial charge in [0.15, 0.2) is 0 Å². The zero-order chi connectivity index (χ0) is 20.0. The maximum atomic E-state index is 13.7. The van der Waals surface area contributed by atoms with Gasteiger partial charge in [-0.1, -0.05) is 36.4 Å². The first kappa shape index (κ1) is 17.2. The molecule has 8 heteroatoms. The lowest BCUT2D eigenvalue weighted by Gasteiger charge is -2.31. The first-order valence-electron chi connectivity index (χ1n) is 9.19. The number of anilines is 3. The minimum absolute atomic E-state index is 0.0355. The highest BCUT2D eigenvalue weighted by molar-refractivity contribution is 6.17. The van der Waals surface area contributed by atoms with Crippen molar-refractivity contribution in [3.05, 3.63) is 71.9 Å². The Balaban J connectivity index is 1.54. The van der Waals surface area contributed by atoms with Gasteiger partial charge in [-0.2, -0.15) is 5.10 Å². The number of carbonyl (C=O) groups excluding carboxylic acids is 3. The molecule has 144 valence electrons. The van der Waals surface area contributed by atoms with Crippen molar-refractivity contribution in [2.45, 2.75) is 11.8 Å². The average Bonchev–Trinajstić information content (AvgIpc) is 3.27. The zero-order valence-electron chi connectivity index (χ0n) is 15.3. The molecule has 2 aliphatic heterocycles. The van der Waals surface area contributed by atoms with Crippen LogP contribution in [0.5, 0.6) is 0 Å². The molecule has 5 rings (SSSR count). The summed E-state index contributed by atoms with van der Waals surface area (Å²) < 4.78 is 0. The summed E-state index contributed by atoms with van der Waals surface area (Å²) in [6.07, 6.45) is 1.53. The molecule has 2 aromatic carbocycles. The van der Waals surface area contributed by atoms with Crippen molar-refractivity contribution in [3.63, 3.8) is 0 Å². The quantitative estimate of drug-likeness (QED) is 0.639. The monoisotopic (exact) mass is 387 g/mol. The van der Waals surface area contributed by atoms with Gasteiger partial charge in [0.1, 0.15) is 17.8 Å². The lowest BCUT2D eigenvalue weighted by atomic mass is 9.72. The van der Waals surface area contributed by atoms with Gasteiger partial charge < -0.3 is 15.5 Å². The van der Waals surface area contributed by atoms with Crippen molar-refractivity contribution in [2.24, 2.45) is 0 Å². The Kier molecular flexibility index (Phi) is 3.73. The third kappa shape index (κ3) is 2.53. The van der Waals surface area contributed by atoms with Crippen LogP contribution in [0.15, 0.2) is 60.8 Å². The first-order chi connectivity index (χ1) is 14.1. The summed E-state index contributed by atoms with van der Waals surface area (Å²) in [5.74, 6) is -0.482. The van der Waals surface area contributed by atoms with Crippen LogP contribution in [0.2, 0.25) is 0 Å². The molecule has 0 bridgehead atoms. The lowest BCUT2D eigenvalue weighted by Crippen LogP contribution is -2.48. The third-order valence-corrected chi connectivity index (χ3v) is 5.41. The molecule has 2 aliphatic rings. The summed E-state index contributed by atoms with van der Waals surface area (Å²) >= 11 is 0. The molecule has 3 aromatic rings. The van der Waals surface area contributed by atoms with Gasteiger partial charge in [0, 0.05) is 23.4 Å². The molecule has 1 atom stereocenters. The molecule has 0 radical (unpaired) electrons. The van der Waals surface area contributed by atoms with Crippen molar-refractivity contribution in [1.82, 2.24) is 10.2 Å². The minimum Gasteiger partial charge on any atom is -0.325 e. The van der Waals surface area contributed by atoms with E-state index in [9.17, 15) is 14.4 Å². The largest absolute Gasteiger partial charge is 0.325 e. The highest BCUT2D eigenvalue weighted by Gasteiger charge is 2.56. The first-order valence-corrected chi connectivity index (χ1v) is 9.19. The maximum Gasteiger partial charge on any atom is 0.244 e. The van der Waals surface area contributed by atoms with Gasteiger partial charge in [-0.15, -0.1) is 0 Å². The number of nitrogens with one attached hydrogen (secondary N) is 3. The standard InChI is InChI=1S/C21H17N5O3/c27-17-10-21(15-11-22-25-19(15)24-17)14-8-4-5-9-16(14)26(20(21)29)12-18(28)23-13-6-2-1-3-7-13/h1-9,11H,10,12H2,(H,23,28)(H2,22,24,25,27). The van der Waals surface area contributed by atoms with Gasteiger partial charge >= 0.3 is 0 Å². The molecule has 3 heterocycles. The van der Waals surface area contributed by atoms with Gasteiger partial charge in [0.2, 0.25) is 17.7 Å². The highest BCUT2D eigenvalue weighted by Crippen LogP contribution is 2.51. The Hall–Kier alpha value is -3.94. The molecule has 29 heavy (non-hydrogen) atoms. The van der Waals surface area contributed by atoms with E-state index in [0.29, 0.717) is 28.3 Å². The Labute approximate surface area is 165 Å². The number of amides is 3. The van der Waals surface area contributed by atoms with E-state index in [1.165, 1.54) is 4.90 Å². The number of aromatic amines is 1. The molecule has 3 amide bonds. The smallest absolute Gasteiger partial charge is 0.244 e. The number of fused-ring (bicyclic) bond motifs is 4. The maximum absolute atomic E-state index is 13.7. The molecule has 0 aliphatic carbocycles. The number of para-hydroxylation sites is 2.